The molecule has 0 aliphatic heterocycles. The number of rotatable bonds is 8. The summed E-state index contributed by atoms with van der Waals surface area (Å²) in [5.41, 5.74) is 1.16. The Morgan fingerprint density at radius 2 is 2.22 bits per heavy atom. The van der Waals surface area contributed by atoms with E-state index in [2.05, 4.69) is 28.2 Å². The summed E-state index contributed by atoms with van der Waals surface area (Å²) in [6.45, 7) is 4.75. The van der Waals surface area contributed by atoms with Crippen molar-refractivity contribution < 1.29 is 9.13 Å². The molecule has 0 bridgehead atoms. The fourth-order valence-corrected chi connectivity index (χ4v) is 2.35. The van der Waals surface area contributed by atoms with E-state index in [4.69, 9.17) is 4.74 Å². The lowest BCUT2D eigenvalue weighted by Gasteiger charge is -2.16. The first-order valence-corrected chi connectivity index (χ1v) is 7.10. The molecule has 102 valence electrons. The van der Waals surface area contributed by atoms with Crippen LogP contribution >= 0.6 is 15.9 Å². The van der Waals surface area contributed by atoms with E-state index >= 15 is 0 Å². The zero-order valence-electron chi connectivity index (χ0n) is 11.0. The van der Waals surface area contributed by atoms with Gasteiger partial charge in [-0.3, -0.25) is 0 Å². The molecular weight excluding hydrogens is 297 g/mol. The summed E-state index contributed by atoms with van der Waals surface area (Å²) in [5, 5.41) is 3.37. The van der Waals surface area contributed by atoms with Crippen molar-refractivity contribution in [2.24, 2.45) is 5.92 Å². The predicted molar refractivity (Wildman–Crippen MR) is 76.3 cm³/mol. The second kappa shape index (κ2) is 8.62. The minimum absolute atomic E-state index is 0.197. The Morgan fingerprint density at radius 3 is 2.83 bits per heavy atom. The third-order valence-electron chi connectivity index (χ3n) is 3.02. The molecule has 0 aromatic heterocycles. The minimum Gasteiger partial charge on any atom is -0.383 e. The average Bonchev–Trinajstić information content (AvgIpc) is 2.35. The molecule has 0 radical (unpaired) electrons. The Bertz CT molecular complexity index is 360. The van der Waals surface area contributed by atoms with Gasteiger partial charge in [0.1, 0.15) is 5.82 Å². The van der Waals surface area contributed by atoms with Crippen molar-refractivity contribution in [3.63, 3.8) is 0 Å². The fraction of sp³-hybridized carbons (Fsp3) is 0.571. The van der Waals surface area contributed by atoms with Crippen LogP contribution in [-0.4, -0.2) is 26.8 Å². The van der Waals surface area contributed by atoms with Crippen LogP contribution in [0.5, 0.6) is 0 Å². The van der Waals surface area contributed by atoms with Gasteiger partial charge < -0.3 is 10.1 Å². The summed E-state index contributed by atoms with van der Waals surface area (Å²) >= 11 is 3.42. The quantitative estimate of drug-likeness (QED) is 0.742. The lowest BCUT2D eigenvalue weighted by atomic mass is 9.97. The van der Waals surface area contributed by atoms with Gasteiger partial charge in [-0.2, -0.15) is 0 Å². The molecule has 0 amide bonds. The fourth-order valence-electron chi connectivity index (χ4n) is 1.84. The molecule has 1 aromatic rings. The Kier molecular flexibility index (Phi) is 7.47. The zero-order valence-corrected chi connectivity index (χ0v) is 12.6. The molecule has 0 saturated heterocycles. The van der Waals surface area contributed by atoms with Crippen LogP contribution in [0.15, 0.2) is 22.7 Å². The van der Waals surface area contributed by atoms with Gasteiger partial charge in [-0.15, -0.1) is 0 Å². The van der Waals surface area contributed by atoms with Gasteiger partial charge in [-0.1, -0.05) is 35.3 Å². The van der Waals surface area contributed by atoms with Crippen LogP contribution in [0.2, 0.25) is 0 Å². The third kappa shape index (κ3) is 5.46. The third-order valence-corrected chi connectivity index (χ3v) is 3.76. The molecule has 4 heteroatoms. The summed E-state index contributed by atoms with van der Waals surface area (Å²) in [5.74, 6) is 0.362. The molecule has 0 aliphatic carbocycles. The second-order valence-electron chi connectivity index (χ2n) is 4.41. The molecule has 18 heavy (non-hydrogen) atoms. The molecule has 0 heterocycles. The highest BCUT2D eigenvalue weighted by atomic mass is 79.9. The Labute approximate surface area is 117 Å². The van der Waals surface area contributed by atoms with E-state index in [9.17, 15) is 4.39 Å². The number of ether oxygens (including phenoxy) is 1. The van der Waals surface area contributed by atoms with Crippen LogP contribution in [0.25, 0.3) is 0 Å². The van der Waals surface area contributed by atoms with E-state index in [1.165, 1.54) is 12.1 Å². The van der Waals surface area contributed by atoms with Gasteiger partial charge in [-0.05, 0) is 36.6 Å². The Balaban J connectivity index is 2.46. The van der Waals surface area contributed by atoms with Crippen molar-refractivity contribution in [3.05, 3.63) is 34.1 Å². The van der Waals surface area contributed by atoms with Crippen molar-refractivity contribution in [2.45, 2.75) is 19.8 Å². The van der Waals surface area contributed by atoms with Crippen LogP contribution in [-0.2, 0) is 11.2 Å². The molecule has 1 atom stereocenters. The number of hydrogen-bond donors (Lipinski definition) is 1. The van der Waals surface area contributed by atoms with Crippen molar-refractivity contribution in [1.82, 2.24) is 5.32 Å². The standard InChI is InChI=1S/C14H21BrFNO/c1-3-11(10-17-6-7-18-2)8-12-4-5-13(16)9-14(12)15/h4-5,9,11,17H,3,6-8,10H2,1-2H3. The maximum Gasteiger partial charge on any atom is 0.124 e. The van der Waals surface area contributed by atoms with E-state index < -0.39 is 0 Å². The Morgan fingerprint density at radius 1 is 1.44 bits per heavy atom. The molecule has 0 saturated carbocycles. The van der Waals surface area contributed by atoms with Crippen LogP contribution in [0, 0.1) is 11.7 Å². The lowest BCUT2D eigenvalue weighted by molar-refractivity contribution is 0.197. The number of benzene rings is 1. The topological polar surface area (TPSA) is 21.3 Å². The molecule has 1 aromatic carbocycles. The van der Waals surface area contributed by atoms with Crippen LogP contribution in [0.1, 0.15) is 18.9 Å². The maximum atomic E-state index is 13.0. The normalized spacial score (nSPS) is 12.7. The first kappa shape index (κ1) is 15.6. The summed E-state index contributed by atoms with van der Waals surface area (Å²) < 4.78 is 18.9. The number of methoxy groups -OCH3 is 1. The average molecular weight is 318 g/mol. The largest absolute Gasteiger partial charge is 0.383 e. The summed E-state index contributed by atoms with van der Waals surface area (Å²) in [7, 11) is 1.70. The summed E-state index contributed by atoms with van der Waals surface area (Å²) in [4.78, 5) is 0. The first-order chi connectivity index (χ1) is 8.67. The van der Waals surface area contributed by atoms with Crippen LogP contribution in [0.4, 0.5) is 4.39 Å². The highest BCUT2D eigenvalue weighted by molar-refractivity contribution is 9.10. The van der Waals surface area contributed by atoms with Crippen molar-refractivity contribution >= 4 is 15.9 Å². The highest BCUT2D eigenvalue weighted by Gasteiger charge is 2.10. The minimum atomic E-state index is -0.197. The van der Waals surface area contributed by atoms with Gasteiger partial charge in [-0.25, -0.2) is 4.39 Å². The molecular formula is C14H21BrFNO. The van der Waals surface area contributed by atoms with Gasteiger partial charge in [0.05, 0.1) is 6.61 Å². The molecule has 1 rings (SSSR count). The van der Waals surface area contributed by atoms with Crippen LogP contribution < -0.4 is 5.32 Å². The van der Waals surface area contributed by atoms with Gasteiger partial charge in [0.15, 0.2) is 0 Å². The van der Waals surface area contributed by atoms with Gasteiger partial charge >= 0.3 is 0 Å². The SMILES string of the molecule is CCC(CNCCOC)Cc1ccc(F)cc1Br. The second-order valence-corrected chi connectivity index (χ2v) is 5.27. The molecule has 0 spiro atoms. The van der Waals surface area contributed by atoms with E-state index in [0.29, 0.717) is 5.92 Å². The van der Waals surface area contributed by atoms with Gasteiger partial charge in [0, 0.05) is 18.1 Å². The molecule has 0 fully saturated rings. The summed E-state index contributed by atoms with van der Waals surface area (Å²) in [6, 6.07) is 4.91. The lowest BCUT2D eigenvalue weighted by Crippen LogP contribution is -2.27. The highest BCUT2D eigenvalue weighted by Crippen LogP contribution is 2.22. The molecule has 2 nitrogen and oxygen atoms in total. The number of nitrogens with one attached hydrogen (secondary N) is 1. The number of hydrogen-bond acceptors (Lipinski definition) is 2. The first-order valence-electron chi connectivity index (χ1n) is 6.31. The van der Waals surface area contributed by atoms with E-state index in [1.807, 2.05) is 6.07 Å². The van der Waals surface area contributed by atoms with Gasteiger partial charge in [0.2, 0.25) is 0 Å². The molecule has 1 unspecified atom stereocenters. The van der Waals surface area contributed by atoms with E-state index in [1.54, 1.807) is 7.11 Å². The maximum absolute atomic E-state index is 13.0. The molecule has 0 aliphatic rings. The molecule has 1 N–H and O–H groups in total. The van der Waals surface area contributed by atoms with Gasteiger partial charge in [0.25, 0.3) is 0 Å². The van der Waals surface area contributed by atoms with E-state index in [0.717, 1.165) is 42.6 Å². The monoisotopic (exact) mass is 317 g/mol. The van der Waals surface area contributed by atoms with Crippen molar-refractivity contribution in [3.8, 4) is 0 Å². The van der Waals surface area contributed by atoms with Crippen molar-refractivity contribution in [2.75, 3.05) is 26.8 Å². The number of halogens is 2. The summed E-state index contributed by atoms with van der Waals surface area (Å²) in [6.07, 6.45) is 2.06. The smallest absolute Gasteiger partial charge is 0.124 e. The van der Waals surface area contributed by atoms with E-state index in [-0.39, 0.29) is 5.82 Å². The zero-order chi connectivity index (χ0) is 13.4. The predicted octanol–water partition coefficient (Wildman–Crippen LogP) is 3.39. The van der Waals surface area contributed by atoms with Crippen LogP contribution in [0.3, 0.4) is 0 Å². The Hall–Kier alpha value is -0.450. The van der Waals surface area contributed by atoms with Crippen molar-refractivity contribution in [1.29, 1.82) is 0 Å².